The first-order chi connectivity index (χ1) is 10.1. The van der Waals surface area contributed by atoms with Gasteiger partial charge in [-0.25, -0.2) is 12.1 Å². The molecule has 1 atom stereocenters. The summed E-state index contributed by atoms with van der Waals surface area (Å²) in [7, 11) is 0.662. The fraction of sp³-hybridized carbons (Fsp3) is 0.211. The molecule has 22 heavy (non-hydrogen) atoms. The molecule has 1 heterocycles. The summed E-state index contributed by atoms with van der Waals surface area (Å²) in [6.45, 7) is 6.72. The number of rotatable bonds is 2. The van der Waals surface area contributed by atoms with Crippen LogP contribution in [0.1, 0.15) is 26.3 Å². The van der Waals surface area contributed by atoms with Crippen LogP contribution in [0.5, 0.6) is 0 Å². The fourth-order valence-corrected chi connectivity index (χ4v) is 3.39. The molecule has 0 bridgehead atoms. The van der Waals surface area contributed by atoms with Crippen LogP contribution >= 0.6 is 8.58 Å². The van der Waals surface area contributed by atoms with Gasteiger partial charge in [0, 0.05) is 23.3 Å². The molecule has 3 rings (SSSR count). The van der Waals surface area contributed by atoms with Crippen molar-refractivity contribution in [3.05, 3.63) is 78.5 Å². The summed E-state index contributed by atoms with van der Waals surface area (Å²) in [4.78, 5) is 4.53. The van der Waals surface area contributed by atoms with Crippen molar-refractivity contribution in [2.24, 2.45) is 0 Å². The molecule has 0 radical (unpaired) electrons. The number of hydrogen-bond donors (Lipinski definition) is 0. The zero-order chi connectivity index (χ0) is 15.1. The van der Waals surface area contributed by atoms with Gasteiger partial charge in [0.15, 0.2) is 0 Å². The van der Waals surface area contributed by atoms with Gasteiger partial charge in [-0.2, -0.15) is 12.1 Å². The smallest absolute Gasteiger partial charge is 0.0563 e. The van der Waals surface area contributed by atoms with Crippen molar-refractivity contribution in [2.45, 2.75) is 26.2 Å². The second-order valence-corrected chi connectivity index (χ2v) is 7.21. The van der Waals surface area contributed by atoms with E-state index in [2.05, 4.69) is 56.1 Å². The number of pyridine rings is 1. The Kier molecular flexibility index (Phi) is 7.76. The molecular weight excluding hydrogens is 329 g/mol. The molecule has 3 aromatic rings. The standard InChI is InChI=1S/C14H17NP.C5H5.Fe/c1-14(2,3)12-9-6-10-15-13(12)16-11-7-4-5-8-11;1-2-4-5-3-1;/h4-10,16H,1-3H3;1-5H;/q-1;-5;. The maximum atomic E-state index is 4.53. The van der Waals surface area contributed by atoms with Crippen molar-refractivity contribution >= 4 is 19.3 Å². The maximum absolute atomic E-state index is 4.53. The van der Waals surface area contributed by atoms with E-state index in [0.29, 0.717) is 8.58 Å². The molecular formula is C19H22FeNP-6. The van der Waals surface area contributed by atoms with Crippen molar-refractivity contribution in [1.82, 2.24) is 4.98 Å². The Morgan fingerprint density at radius 2 is 1.50 bits per heavy atom. The zero-order valence-electron chi connectivity index (χ0n) is 13.2. The van der Waals surface area contributed by atoms with Crippen molar-refractivity contribution < 1.29 is 17.1 Å². The Morgan fingerprint density at radius 3 is 2.00 bits per heavy atom. The van der Waals surface area contributed by atoms with Crippen LogP contribution in [0.2, 0.25) is 0 Å². The van der Waals surface area contributed by atoms with Gasteiger partial charge >= 0.3 is 0 Å². The minimum absolute atomic E-state index is 0. The summed E-state index contributed by atoms with van der Waals surface area (Å²) in [6, 6.07) is 22.7. The van der Waals surface area contributed by atoms with Gasteiger partial charge in [0.05, 0.1) is 5.44 Å². The largest absolute Gasteiger partial charge is 0.748 e. The summed E-state index contributed by atoms with van der Waals surface area (Å²) in [5.74, 6) is 0. The number of nitrogens with zero attached hydrogens (tertiary/aromatic N) is 1. The average Bonchev–Trinajstić information content (AvgIpc) is 3.14. The molecule has 2 aromatic carbocycles. The molecule has 0 saturated heterocycles. The third-order valence-corrected chi connectivity index (χ3v) is 4.35. The third-order valence-electron chi connectivity index (χ3n) is 3.10. The molecule has 0 aliphatic rings. The molecule has 0 fully saturated rings. The Hall–Kier alpha value is -1.20. The van der Waals surface area contributed by atoms with Crippen LogP contribution in [0.25, 0.3) is 0 Å². The average molecular weight is 351 g/mol. The third kappa shape index (κ3) is 5.89. The van der Waals surface area contributed by atoms with Gasteiger partial charge in [-0.05, 0) is 17.0 Å². The first-order valence-electron chi connectivity index (χ1n) is 7.18. The van der Waals surface area contributed by atoms with Gasteiger partial charge < -0.3 is 30.3 Å². The molecule has 0 aliphatic carbocycles. The van der Waals surface area contributed by atoms with Crippen LogP contribution in [0, 0.1) is 0 Å². The second kappa shape index (κ2) is 9.05. The van der Waals surface area contributed by atoms with Crippen LogP contribution in [0.3, 0.4) is 0 Å². The topological polar surface area (TPSA) is 12.9 Å². The van der Waals surface area contributed by atoms with E-state index in [1.54, 1.807) is 0 Å². The van der Waals surface area contributed by atoms with Gasteiger partial charge in [-0.3, -0.25) is 4.98 Å². The molecule has 0 spiro atoms. The molecule has 1 unspecified atom stereocenters. The Labute approximate surface area is 146 Å². The van der Waals surface area contributed by atoms with Crippen LogP contribution in [-0.2, 0) is 22.5 Å². The summed E-state index contributed by atoms with van der Waals surface area (Å²) < 4.78 is 0. The van der Waals surface area contributed by atoms with Crippen LogP contribution in [-0.4, -0.2) is 4.98 Å². The van der Waals surface area contributed by atoms with E-state index in [0.717, 1.165) is 0 Å². The van der Waals surface area contributed by atoms with Gasteiger partial charge in [0.2, 0.25) is 0 Å². The molecule has 0 amide bonds. The SMILES string of the molecule is CC(C)(C)c1cccnc1P[c-]1cccc1.[Fe].[cH-]1[cH-][cH-][cH-][cH-]1. The van der Waals surface area contributed by atoms with Crippen molar-refractivity contribution in [3.63, 3.8) is 0 Å². The molecule has 1 aromatic heterocycles. The van der Waals surface area contributed by atoms with Gasteiger partial charge in [-0.15, -0.1) is 5.30 Å². The second-order valence-electron chi connectivity index (χ2n) is 5.91. The molecule has 0 saturated carbocycles. The Bertz CT molecular complexity index is 605. The molecule has 122 valence electrons. The number of hydrogen-bond acceptors (Lipinski definition) is 1. The van der Waals surface area contributed by atoms with Crippen molar-refractivity contribution in [3.8, 4) is 0 Å². The van der Waals surface area contributed by atoms with E-state index in [1.807, 2.05) is 42.6 Å². The molecule has 0 N–H and O–H groups in total. The summed E-state index contributed by atoms with van der Waals surface area (Å²) in [5, 5.41) is 1.37. The van der Waals surface area contributed by atoms with E-state index in [-0.39, 0.29) is 22.5 Å². The van der Waals surface area contributed by atoms with Crippen molar-refractivity contribution in [2.75, 3.05) is 0 Å². The maximum Gasteiger partial charge on any atom is 0.0563 e. The minimum atomic E-state index is 0. The Balaban J connectivity index is 0.000000344. The van der Waals surface area contributed by atoms with E-state index >= 15 is 0 Å². The summed E-state index contributed by atoms with van der Waals surface area (Å²) >= 11 is 0. The molecule has 0 aliphatic heterocycles. The van der Waals surface area contributed by atoms with Crippen molar-refractivity contribution in [1.29, 1.82) is 0 Å². The molecule has 1 nitrogen and oxygen atoms in total. The normalized spacial score (nSPS) is 10.9. The summed E-state index contributed by atoms with van der Waals surface area (Å²) in [5.41, 5.74) is 2.75. The van der Waals surface area contributed by atoms with Crippen LogP contribution < -0.4 is 10.7 Å². The molecule has 3 heteroatoms. The van der Waals surface area contributed by atoms with Gasteiger partial charge in [0.1, 0.15) is 0 Å². The Morgan fingerprint density at radius 1 is 0.955 bits per heavy atom. The van der Waals surface area contributed by atoms with E-state index in [1.165, 1.54) is 16.3 Å². The zero-order valence-corrected chi connectivity index (χ0v) is 15.3. The predicted octanol–water partition coefficient (Wildman–Crippen LogP) is 4.13. The first kappa shape index (κ1) is 18.8. The summed E-state index contributed by atoms with van der Waals surface area (Å²) in [6.07, 6.45) is 1.89. The van der Waals surface area contributed by atoms with Crippen LogP contribution in [0.15, 0.2) is 72.9 Å². The van der Waals surface area contributed by atoms with Gasteiger partial charge in [-0.1, -0.05) is 35.4 Å². The first-order valence-corrected chi connectivity index (χ1v) is 8.18. The van der Waals surface area contributed by atoms with E-state index in [4.69, 9.17) is 0 Å². The van der Waals surface area contributed by atoms with E-state index in [9.17, 15) is 0 Å². The van der Waals surface area contributed by atoms with Crippen LogP contribution in [0.4, 0.5) is 0 Å². The minimum Gasteiger partial charge on any atom is -0.748 e. The quantitative estimate of drug-likeness (QED) is 0.384. The monoisotopic (exact) mass is 351 g/mol. The predicted molar refractivity (Wildman–Crippen MR) is 94.6 cm³/mol. The number of aromatic nitrogens is 1. The van der Waals surface area contributed by atoms with E-state index < -0.39 is 0 Å². The van der Waals surface area contributed by atoms with Gasteiger partial charge in [0.25, 0.3) is 0 Å². The fourth-order valence-electron chi connectivity index (χ4n) is 2.02.